The maximum absolute atomic E-state index is 11.3. The Labute approximate surface area is 78.8 Å². The number of carbonyl (C=O) groups is 1. The van der Waals surface area contributed by atoms with Gasteiger partial charge < -0.3 is 9.52 Å². The van der Waals surface area contributed by atoms with E-state index in [-0.39, 0.29) is 16.6 Å². The Kier molecular flexibility index (Phi) is 1.81. The normalized spacial score (nSPS) is 10.3. The molecule has 1 N–H and O–H groups in total. The van der Waals surface area contributed by atoms with E-state index in [0.29, 0.717) is 5.76 Å². The summed E-state index contributed by atoms with van der Waals surface area (Å²) in [5, 5.41) is 8.67. The molecule has 0 aromatic heterocycles. The topological polar surface area (TPSA) is 67.5 Å². The molecular formula is C10H6O4. The summed E-state index contributed by atoms with van der Waals surface area (Å²) >= 11 is 0. The van der Waals surface area contributed by atoms with Gasteiger partial charge in [-0.15, -0.1) is 0 Å². The minimum atomic E-state index is -1.11. The Hall–Kier alpha value is -2.10. The van der Waals surface area contributed by atoms with Gasteiger partial charge in [0.05, 0.1) is 11.1 Å². The molecule has 0 atom stereocenters. The summed E-state index contributed by atoms with van der Waals surface area (Å²) in [5.41, 5.74) is 0.0163. The van der Waals surface area contributed by atoms with Gasteiger partial charge in [-0.2, -0.15) is 0 Å². The fourth-order valence-corrected chi connectivity index (χ4v) is 1.20. The minimum Gasteiger partial charge on any atom is -0.478 e. The summed E-state index contributed by atoms with van der Waals surface area (Å²) in [6, 6.07) is 5.85. The van der Waals surface area contributed by atoms with Gasteiger partial charge in [0.25, 0.3) is 0 Å². The number of carboxylic acid groups (broad SMARTS) is 1. The molecule has 0 saturated heterocycles. The van der Waals surface area contributed by atoms with Crippen molar-refractivity contribution >= 4 is 5.97 Å². The zero-order valence-corrected chi connectivity index (χ0v) is 7.06. The number of rotatable bonds is 1. The maximum atomic E-state index is 11.3. The zero-order chi connectivity index (χ0) is 10.1. The molecular weight excluding hydrogens is 184 g/mol. The van der Waals surface area contributed by atoms with Gasteiger partial charge in [-0.05, 0) is 18.2 Å². The fraction of sp³-hybridized carbons (Fsp3) is 0. The van der Waals surface area contributed by atoms with Gasteiger partial charge in [0.1, 0.15) is 12.0 Å². The smallest absolute Gasteiger partial charge is 0.338 e. The molecule has 4 nitrogen and oxygen atoms in total. The predicted octanol–water partition coefficient (Wildman–Crippen LogP) is 1.44. The molecule has 1 heterocycles. The van der Waals surface area contributed by atoms with Crippen LogP contribution in [0.25, 0.3) is 11.3 Å². The Balaban J connectivity index is 2.77. The first-order valence-corrected chi connectivity index (χ1v) is 3.93. The van der Waals surface area contributed by atoms with Crippen molar-refractivity contribution in [3.05, 3.63) is 46.3 Å². The number of hydrogen-bond acceptors (Lipinski definition) is 3. The molecule has 0 bridgehead atoms. The molecule has 0 aromatic rings. The first kappa shape index (κ1) is 8.50. The number of fused-ring (bicyclic) bond motifs is 1. The van der Waals surface area contributed by atoms with Crippen molar-refractivity contribution in [2.75, 3.05) is 0 Å². The number of hydrogen-bond donors (Lipinski definition) is 1. The van der Waals surface area contributed by atoms with Crippen LogP contribution < -0.4 is 5.43 Å². The summed E-state index contributed by atoms with van der Waals surface area (Å²) in [6.45, 7) is 0. The standard InChI is InChI=1S/C10H6O4/c11-8-2-1-3-9-7(8)4-6(5-14-9)10(12)13/h1-5H,(H,12,13). The molecule has 0 fully saturated rings. The number of carboxylic acids is 1. The van der Waals surface area contributed by atoms with Gasteiger partial charge in [0.2, 0.25) is 0 Å². The summed E-state index contributed by atoms with van der Waals surface area (Å²) in [7, 11) is 0. The molecule has 1 aliphatic carbocycles. The molecule has 2 aliphatic rings. The highest BCUT2D eigenvalue weighted by atomic mass is 16.4. The van der Waals surface area contributed by atoms with Crippen molar-refractivity contribution in [3.63, 3.8) is 0 Å². The van der Waals surface area contributed by atoms with Crippen molar-refractivity contribution in [1.29, 1.82) is 0 Å². The lowest BCUT2D eigenvalue weighted by molar-refractivity contribution is 0.0694. The lowest BCUT2D eigenvalue weighted by Gasteiger charge is -2.02. The second-order valence-corrected chi connectivity index (χ2v) is 2.81. The molecule has 0 aromatic carbocycles. The monoisotopic (exact) mass is 190 g/mol. The van der Waals surface area contributed by atoms with E-state index >= 15 is 0 Å². The van der Waals surface area contributed by atoms with Crippen LogP contribution >= 0.6 is 0 Å². The van der Waals surface area contributed by atoms with Crippen LogP contribution in [-0.4, -0.2) is 11.1 Å². The quantitative estimate of drug-likeness (QED) is 0.738. The summed E-state index contributed by atoms with van der Waals surface area (Å²) in [5.74, 6) is -0.721. The molecule has 0 amide bonds. The van der Waals surface area contributed by atoms with Crippen LogP contribution in [0.2, 0.25) is 0 Å². The van der Waals surface area contributed by atoms with Crippen LogP contribution in [0.15, 0.2) is 39.7 Å². The van der Waals surface area contributed by atoms with Gasteiger partial charge in [-0.25, -0.2) is 4.79 Å². The molecule has 0 spiro atoms. The molecule has 1 aliphatic heterocycles. The van der Waals surface area contributed by atoms with Crippen LogP contribution in [0.1, 0.15) is 10.4 Å². The number of benzene rings is 1. The Morgan fingerprint density at radius 2 is 2.14 bits per heavy atom. The minimum absolute atomic E-state index is 0.0270. The third-order valence-corrected chi connectivity index (χ3v) is 1.89. The summed E-state index contributed by atoms with van der Waals surface area (Å²) in [6.07, 6.45) is 1.12. The van der Waals surface area contributed by atoms with Crippen LogP contribution in [0.5, 0.6) is 0 Å². The van der Waals surface area contributed by atoms with Crippen molar-refractivity contribution in [3.8, 4) is 11.3 Å². The molecule has 0 unspecified atom stereocenters. The van der Waals surface area contributed by atoms with Crippen LogP contribution in [-0.2, 0) is 0 Å². The van der Waals surface area contributed by atoms with Gasteiger partial charge >= 0.3 is 5.97 Å². The second-order valence-electron chi connectivity index (χ2n) is 2.81. The third-order valence-electron chi connectivity index (χ3n) is 1.89. The first-order chi connectivity index (χ1) is 6.68. The molecule has 70 valence electrons. The molecule has 4 heteroatoms. The predicted molar refractivity (Wildman–Crippen MR) is 48.6 cm³/mol. The van der Waals surface area contributed by atoms with E-state index in [1.54, 1.807) is 12.1 Å². The Bertz CT molecular complexity index is 512. The van der Waals surface area contributed by atoms with Crippen LogP contribution in [0.3, 0.4) is 0 Å². The van der Waals surface area contributed by atoms with Crippen molar-refractivity contribution < 1.29 is 14.3 Å². The SMILES string of the molecule is O=C(O)c1coc2cccc(=O)c-2c1. The first-order valence-electron chi connectivity index (χ1n) is 3.93. The van der Waals surface area contributed by atoms with Crippen molar-refractivity contribution in [1.82, 2.24) is 0 Å². The van der Waals surface area contributed by atoms with Gasteiger partial charge in [-0.1, -0.05) is 6.07 Å². The van der Waals surface area contributed by atoms with Crippen molar-refractivity contribution in [2.24, 2.45) is 0 Å². The van der Waals surface area contributed by atoms with E-state index in [9.17, 15) is 9.59 Å². The van der Waals surface area contributed by atoms with Gasteiger partial charge in [0.15, 0.2) is 5.43 Å². The maximum Gasteiger partial charge on any atom is 0.338 e. The largest absolute Gasteiger partial charge is 0.478 e. The van der Waals surface area contributed by atoms with E-state index in [0.717, 1.165) is 6.26 Å². The van der Waals surface area contributed by atoms with Gasteiger partial charge in [-0.3, -0.25) is 4.79 Å². The zero-order valence-electron chi connectivity index (χ0n) is 7.06. The highest BCUT2D eigenvalue weighted by molar-refractivity contribution is 5.88. The molecule has 0 saturated carbocycles. The lowest BCUT2D eigenvalue weighted by atomic mass is 10.1. The Morgan fingerprint density at radius 3 is 2.86 bits per heavy atom. The summed E-state index contributed by atoms with van der Waals surface area (Å²) in [4.78, 5) is 21.9. The second kappa shape index (κ2) is 2.99. The van der Waals surface area contributed by atoms with Crippen LogP contribution in [0, 0.1) is 0 Å². The highest BCUT2D eigenvalue weighted by Crippen LogP contribution is 2.18. The highest BCUT2D eigenvalue weighted by Gasteiger charge is 2.11. The van der Waals surface area contributed by atoms with E-state index in [1.165, 1.54) is 12.1 Å². The van der Waals surface area contributed by atoms with Gasteiger partial charge in [0, 0.05) is 0 Å². The van der Waals surface area contributed by atoms with Crippen LogP contribution in [0.4, 0.5) is 0 Å². The Morgan fingerprint density at radius 1 is 1.36 bits per heavy atom. The molecule has 2 rings (SSSR count). The van der Waals surface area contributed by atoms with E-state index in [2.05, 4.69) is 0 Å². The van der Waals surface area contributed by atoms with E-state index in [4.69, 9.17) is 9.52 Å². The lowest BCUT2D eigenvalue weighted by Crippen LogP contribution is -2.05. The average molecular weight is 190 g/mol. The number of aromatic carboxylic acids is 1. The third kappa shape index (κ3) is 1.26. The molecule has 14 heavy (non-hydrogen) atoms. The van der Waals surface area contributed by atoms with E-state index < -0.39 is 5.97 Å². The average Bonchev–Trinajstić information content (AvgIpc) is 2.18. The fourth-order valence-electron chi connectivity index (χ4n) is 1.20. The molecule has 0 radical (unpaired) electrons. The van der Waals surface area contributed by atoms with E-state index in [1.807, 2.05) is 0 Å². The van der Waals surface area contributed by atoms with Crippen molar-refractivity contribution in [2.45, 2.75) is 0 Å². The summed E-state index contributed by atoms with van der Waals surface area (Å²) < 4.78 is 5.00.